The maximum Gasteiger partial charge on any atom is 0.326 e. The molecule has 0 aromatic heterocycles. The van der Waals surface area contributed by atoms with Crippen molar-refractivity contribution in [2.75, 3.05) is 6.54 Å². The van der Waals surface area contributed by atoms with Gasteiger partial charge >= 0.3 is 17.9 Å². The second kappa shape index (κ2) is 16.7. The maximum atomic E-state index is 12.9. The fourth-order valence-electron chi connectivity index (χ4n) is 3.04. The van der Waals surface area contributed by atoms with Gasteiger partial charge in [-0.3, -0.25) is 29.0 Å². The second-order valence-corrected chi connectivity index (χ2v) is 8.61. The van der Waals surface area contributed by atoms with Gasteiger partial charge in [0, 0.05) is 19.4 Å². The van der Waals surface area contributed by atoms with Gasteiger partial charge in [0.05, 0.1) is 6.04 Å². The fraction of sp³-hybridized carbons (Fsp3) is 0.667. The third-order valence-corrected chi connectivity index (χ3v) is 5.09. The Hall–Kier alpha value is -3.95. The van der Waals surface area contributed by atoms with Gasteiger partial charge in [-0.2, -0.15) is 0 Å². The molecule has 16 nitrogen and oxygen atoms in total. The van der Waals surface area contributed by atoms with E-state index in [0.29, 0.717) is 6.42 Å². The number of hydrogen-bond acceptors (Lipinski definition) is 8. The summed E-state index contributed by atoms with van der Waals surface area (Å²) in [5, 5.41) is 34.0. The van der Waals surface area contributed by atoms with E-state index in [4.69, 9.17) is 27.4 Å². The molecule has 0 aromatic rings. The summed E-state index contributed by atoms with van der Waals surface area (Å²) in [6.07, 6.45) is -1.15. The lowest BCUT2D eigenvalue weighted by molar-refractivity contribution is -0.143. The molecule has 0 spiro atoms. The summed E-state index contributed by atoms with van der Waals surface area (Å²) in [4.78, 5) is 75.1. The molecular weight excluding hydrogens is 494 g/mol. The van der Waals surface area contributed by atoms with E-state index in [9.17, 15) is 33.9 Å². The minimum absolute atomic E-state index is 0.122. The summed E-state index contributed by atoms with van der Waals surface area (Å²) in [7, 11) is 0. The first-order valence-electron chi connectivity index (χ1n) is 11.5. The lowest BCUT2D eigenvalue weighted by Gasteiger charge is -2.27. The molecule has 12 N–H and O–H groups in total. The Morgan fingerprint density at radius 1 is 0.757 bits per heavy atom. The highest BCUT2D eigenvalue weighted by atomic mass is 16.4. The number of nitrogens with two attached hydrogens (primary N) is 3. The van der Waals surface area contributed by atoms with Crippen molar-refractivity contribution in [3.8, 4) is 0 Å². The molecule has 0 aliphatic carbocycles. The third kappa shape index (κ3) is 14.3. The third-order valence-electron chi connectivity index (χ3n) is 5.09. The van der Waals surface area contributed by atoms with E-state index < -0.39 is 78.6 Å². The van der Waals surface area contributed by atoms with Gasteiger partial charge in [-0.25, -0.2) is 4.79 Å². The number of carboxylic acid groups (broad SMARTS) is 3. The number of nitrogens with zero attached hydrogens (tertiary/aromatic N) is 1. The summed E-state index contributed by atoms with van der Waals surface area (Å²) < 4.78 is 0. The van der Waals surface area contributed by atoms with Crippen LogP contribution in [0.4, 0.5) is 0 Å². The number of hydrogen-bond donors (Lipinski definition) is 9. The monoisotopic (exact) mass is 531 g/mol. The Bertz CT molecular complexity index is 859. The van der Waals surface area contributed by atoms with E-state index in [0.717, 1.165) is 0 Å². The lowest BCUT2D eigenvalue weighted by Crippen LogP contribution is -2.58. The average Bonchev–Trinajstić information content (AvgIpc) is 2.78. The Labute approximate surface area is 213 Å². The van der Waals surface area contributed by atoms with Crippen LogP contribution in [-0.4, -0.2) is 87.6 Å². The highest BCUT2D eigenvalue weighted by Crippen LogP contribution is 2.08. The molecule has 0 saturated heterocycles. The van der Waals surface area contributed by atoms with Crippen molar-refractivity contribution < 1.29 is 44.1 Å². The van der Waals surface area contributed by atoms with E-state index in [-0.39, 0.29) is 31.8 Å². The number of nitrogens with one attached hydrogen (secondary N) is 3. The van der Waals surface area contributed by atoms with Gasteiger partial charge in [0.15, 0.2) is 5.96 Å². The van der Waals surface area contributed by atoms with Crippen LogP contribution in [0.15, 0.2) is 4.99 Å². The van der Waals surface area contributed by atoms with E-state index in [1.54, 1.807) is 13.8 Å². The largest absolute Gasteiger partial charge is 0.481 e. The highest BCUT2D eigenvalue weighted by molar-refractivity contribution is 5.94. The summed E-state index contributed by atoms with van der Waals surface area (Å²) in [6.45, 7) is 3.35. The second-order valence-electron chi connectivity index (χ2n) is 8.61. The van der Waals surface area contributed by atoms with Gasteiger partial charge in [-0.15, -0.1) is 0 Å². The molecular formula is C21H37N7O9. The van der Waals surface area contributed by atoms with Gasteiger partial charge in [0.2, 0.25) is 17.7 Å². The van der Waals surface area contributed by atoms with Crippen LogP contribution in [0.1, 0.15) is 52.4 Å². The predicted octanol–water partition coefficient (Wildman–Crippen LogP) is -2.71. The fourth-order valence-corrected chi connectivity index (χ4v) is 3.04. The van der Waals surface area contributed by atoms with Crippen molar-refractivity contribution >= 4 is 41.6 Å². The first-order valence-corrected chi connectivity index (χ1v) is 11.5. The molecule has 4 atom stereocenters. The van der Waals surface area contributed by atoms with Crippen LogP contribution >= 0.6 is 0 Å². The minimum Gasteiger partial charge on any atom is -0.481 e. The topological polar surface area (TPSA) is 290 Å². The van der Waals surface area contributed by atoms with E-state index in [2.05, 4.69) is 20.9 Å². The van der Waals surface area contributed by atoms with Crippen LogP contribution < -0.4 is 33.2 Å². The van der Waals surface area contributed by atoms with E-state index >= 15 is 0 Å². The van der Waals surface area contributed by atoms with Crippen LogP contribution in [0, 0.1) is 5.92 Å². The standard InChI is InChI=1S/C21H37N7O9/c1-10(2)16(19(35)27-13(20(36)37)6-8-15(31)32)28-18(34)12(5-7-14(29)30)26-17(33)11(22)4-3-9-25-21(23)24/h10-13,16H,3-9,22H2,1-2H3,(H,26,33)(H,27,35)(H,28,34)(H,29,30)(H,31,32)(H,36,37)(H4,23,24,25). The van der Waals surface area contributed by atoms with Crippen LogP contribution in [0.3, 0.4) is 0 Å². The molecule has 0 aliphatic rings. The van der Waals surface area contributed by atoms with Gasteiger partial charge in [0.25, 0.3) is 0 Å². The molecule has 0 rings (SSSR count). The molecule has 3 amide bonds. The number of carbonyl (C=O) groups excluding carboxylic acids is 3. The molecule has 4 unspecified atom stereocenters. The summed E-state index contributed by atoms with van der Waals surface area (Å²) in [5.41, 5.74) is 16.3. The van der Waals surface area contributed by atoms with Crippen molar-refractivity contribution in [3.05, 3.63) is 0 Å². The zero-order chi connectivity index (χ0) is 28.7. The number of carboxylic acids is 3. The number of aliphatic carboxylic acids is 3. The first kappa shape index (κ1) is 33.0. The zero-order valence-corrected chi connectivity index (χ0v) is 20.8. The normalized spacial score (nSPS) is 13.9. The Kier molecular flexibility index (Phi) is 14.9. The van der Waals surface area contributed by atoms with Crippen LogP contribution in [0.25, 0.3) is 0 Å². The summed E-state index contributed by atoms with van der Waals surface area (Å²) >= 11 is 0. The van der Waals surface area contributed by atoms with Crippen LogP contribution in [-0.2, 0) is 28.8 Å². The smallest absolute Gasteiger partial charge is 0.326 e. The minimum atomic E-state index is -1.51. The highest BCUT2D eigenvalue weighted by Gasteiger charge is 2.32. The molecule has 0 bridgehead atoms. The van der Waals surface area contributed by atoms with Gasteiger partial charge in [-0.05, 0) is 31.6 Å². The van der Waals surface area contributed by atoms with Crippen LogP contribution in [0.5, 0.6) is 0 Å². The van der Waals surface area contributed by atoms with Crippen molar-refractivity contribution in [1.82, 2.24) is 16.0 Å². The maximum absolute atomic E-state index is 12.9. The van der Waals surface area contributed by atoms with Crippen molar-refractivity contribution in [2.45, 2.75) is 76.5 Å². The number of rotatable bonds is 18. The number of carbonyl (C=O) groups is 6. The van der Waals surface area contributed by atoms with Crippen LogP contribution in [0.2, 0.25) is 0 Å². The van der Waals surface area contributed by atoms with Gasteiger partial charge in [0.1, 0.15) is 18.1 Å². The predicted molar refractivity (Wildman–Crippen MR) is 130 cm³/mol. The molecule has 0 heterocycles. The van der Waals surface area contributed by atoms with Crippen molar-refractivity contribution in [3.63, 3.8) is 0 Å². The number of aliphatic imine (C=N–C) groups is 1. The Balaban J connectivity index is 5.42. The molecule has 16 heteroatoms. The summed E-state index contributed by atoms with van der Waals surface area (Å²) in [6, 6.07) is -5.19. The van der Waals surface area contributed by atoms with E-state index in [1.807, 2.05) is 0 Å². The SMILES string of the molecule is CC(C)C(NC(=O)C(CCC(=O)O)NC(=O)C(N)CCCN=C(N)N)C(=O)NC(CCC(=O)O)C(=O)O. The lowest BCUT2D eigenvalue weighted by atomic mass is 10.0. The molecule has 37 heavy (non-hydrogen) atoms. The molecule has 0 radical (unpaired) electrons. The number of amides is 3. The molecule has 210 valence electrons. The Morgan fingerprint density at radius 3 is 1.73 bits per heavy atom. The first-order chi connectivity index (χ1) is 17.1. The van der Waals surface area contributed by atoms with Gasteiger partial charge in [-0.1, -0.05) is 13.8 Å². The van der Waals surface area contributed by atoms with E-state index in [1.165, 1.54) is 0 Å². The molecule has 0 aliphatic heterocycles. The van der Waals surface area contributed by atoms with Crippen molar-refractivity contribution in [2.24, 2.45) is 28.1 Å². The molecule has 0 fully saturated rings. The number of guanidine groups is 1. The van der Waals surface area contributed by atoms with Gasteiger partial charge < -0.3 is 48.5 Å². The molecule has 0 aromatic carbocycles. The zero-order valence-electron chi connectivity index (χ0n) is 20.8. The molecule has 0 saturated carbocycles. The average molecular weight is 532 g/mol. The summed E-state index contributed by atoms with van der Waals surface area (Å²) in [5.74, 6) is -7.11. The van der Waals surface area contributed by atoms with Crippen molar-refractivity contribution in [1.29, 1.82) is 0 Å². The quantitative estimate of drug-likeness (QED) is 0.0495. The Morgan fingerprint density at radius 2 is 1.27 bits per heavy atom.